The molecule has 0 aromatic heterocycles. The second-order valence-corrected chi connectivity index (χ2v) is 9.11. The highest BCUT2D eigenvalue weighted by atomic mass is 127. The van der Waals surface area contributed by atoms with E-state index in [1.165, 1.54) is 5.56 Å². The first-order chi connectivity index (χ1) is 13.9. The zero-order valence-corrected chi connectivity index (χ0v) is 22.0. The van der Waals surface area contributed by atoms with Crippen molar-refractivity contribution >= 4 is 53.1 Å². The number of halogens is 3. The van der Waals surface area contributed by atoms with Crippen LogP contribution in [0.3, 0.4) is 0 Å². The van der Waals surface area contributed by atoms with Crippen molar-refractivity contribution in [1.29, 1.82) is 0 Å². The topological polar surface area (TPSA) is 46.1 Å². The van der Waals surface area contributed by atoms with Gasteiger partial charge in [-0.2, -0.15) is 0 Å². The third-order valence-corrected chi connectivity index (χ3v) is 6.77. The Morgan fingerprint density at radius 2 is 1.83 bits per heavy atom. The van der Waals surface area contributed by atoms with Gasteiger partial charge in [0.1, 0.15) is 0 Å². The van der Waals surface area contributed by atoms with Crippen LogP contribution in [0, 0.1) is 0 Å². The van der Waals surface area contributed by atoms with Crippen LogP contribution in [0.1, 0.15) is 18.4 Å². The van der Waals surface area contributed by atoms with Crippen LogP contribution in [-0.2, 0) is 6.54 Å². The Kier molecular flexibility index (Phi) is 10.9. The van der Waals surface area contributed by atoms with E-state index in [0.717, 1.165) is 64.6 Å². The van der Waals surface area contributed by atoms with Gasteiger partial charge in [-0.05, 0) is 44.6 Å². The van der Waals surface area contributed by atoms with Gasteiger partial charge < -0.3 is 15.5 Å². The Morgan fingerprint density at radius 3 is 2.50 bits per heavy atom. The average Bonchev–Trinajstić information content (AvgIpc) is 2.71. The Morgan fingerprint density at radius 1 is 1.10 bits per heavy atom. The van der Waals surface area contributed by atoms with Crippen molar-refractivity contribution in [3.63, 3.8) is 0 Å². The minimum atomic E-state index is 0. The molecule has 170 valence electrons. The summed E-state index contributed by atoms with van der Waals surface area (Å²) in [7, 11) is 6.25. The van der Waals surface area contributed by atoms with Crippen LogP contribution in [-0.4, -0.2) is 93.2 Å². The molecule has 2 fully saturated rings. The van der Waals surface area contributed by atoms with E-state index in [0.29, 0.717) is 22.1 Å². The molecule has 0 amide bonds. The molecular formula is C21H35Cl2IN6. The number of benzene rings is 1. The summed E-state index contributed by atoms with van der Waals surface area (Å²) in [5, 5.41) is 8.39. The lowest BCUT2D eigenvalue weighted by Crippen LogP contribution is -2.56. The summed E-state index contributed by atoms with van der Waals surface area (Å²) in [6.07, 6.45) is 2.21. The number of piperazine rings is 1. The number of hydrogen-bond donors (Lipinski definition) is 2. The molecule has 2 N–H and O–H groups in total. The minimum absolute atomic E-state index is 0. The first-order valence-electron chi connectivity index (χ1n) is 10.5. The Bertz CT molecular complexity index is 696. The summed E-state index contributed by atoms with van der Waals surface area (Å²) >= 11 is 12.2. The van der Waals surface area contributed by atoms with Crippen molar-refractivity contribution in [3.05, 3.63) is 33.8 Å². The maximum Gasteiger partial charge on any atom is 0.191 e. The van der Waals surface area contributed by atoms with Gasteiger partial charge in [-0.1, -0.05) is 29.3 Å². The van der Waals surface area contributed by atoms with Gasteiger partial charge in [0.2, 0.25) is 0 Å². The van der Waals surface area contributed by atoms with Gasteiger partial charge in [0.15, 0.2) is 5.96 Å². The minimum Gasteiger partial charge on any atom is -0.355 e. The molecule has 1 aromatic carbocycles. The van der Waals surface area contributed by atoms with Gasteiger partial charge in [-0.15, -0.1) is 24.0 Å². The van der Waals surface area contributed by atoms with Crippen molar-refractivity contribution in [1.82, 2.24) is 25.3 Å². The van der Waals surface area contributed by atoms with Crippen LogP contribution in [0.15, 0.2) is 23.2 Å². The number of likely N-dealkylation sites (N-methyl/N-ethyl adjacent to an activating group) is 2. The largest absolute Gasteiger partial charge is 0.355 e. The number of nitrogens with zero attached hydrogens (tertiary/aromatic N) is 4. The summed E-state index contributed by atoms with van der Waals surface area (Å²) in [6.45, 7) is 7.30. The molecule has 2 aliphatic heterocycles. The number of nitrogens with one attached hydrogen (secondary N) is 2. The van der Waals surface area contributed by atoms with E-state index >= 15 is 0 Å². The maximum absolute atomic E-state index is 6.14. The molecule has 0 aliphatic carbocycles. The second kappa shape index (κ2) is 12.6. The van der Waals surface area contributed by atoms with Gasteiger partial charge in [0, 0.05) is 64.9 Å². The molecule has 2 saturated heterocycles. The number of guanidine groups is 1. The Hall–Kier alpha value is -0.320. The third kappa shape index (κ3) is 7.67. The zero-order valence-electron chi connectivity index (χ0n) is 18.2. The highest BCUT2D eigenvalue weighted by Crippen LogP contribution is 2.24. The van der Waals surface area contributed by atoms with Crippen LogP contribution in [0.4, 0.5) is 0 Å². The molecule has 30 heavy (non-hydrogen) atoms. The molecule has 3 rings (SSSR count). The SMILES string of the molecule is CN=C(NCC1CN(C)CCN1C)NC1CCN(Cc2ccc(Cl)c(Cl)c2)CC1.I. The molecule has 1 unspecified atom stereocenters. The fourth-order valence-electron chi connectivity index (χ4n) is 4.06. The predicted octanol–water partition coefficient (Wildman–Crippen LogP) is 2.99. The van der Waals surface area contributed by atoms with Crippen LogP contribution < -0.4 is 10.6 Å². The predicted molar refractivity (Wildman–Crippen MR) is 139 cm³/mol. The fourth-order valence-corrected chi connectivity index (χ4v) is 4.38. The molecule has 2 heterocycles. The summed E-state index contributed by atoms with van der Waals surface area (Å²) in [5.41, 5.74) is 1.21. The van der Waals surface area contributed by atoms with E-state index in [4.69, 9.17) is 23.2 Å². The zero-order chi connectivity index (χ0) is 20.8. The van der Waals surface area contributed by atoms with Crippen molar-refractivity contribution in [2.75, 3.05) is 60.4 Å². The van der Waals surface area contributed by atoms with E-state index in [2.05, 4.69) is 50.5 Å². The number of likely N-dealkylation sites (tertiary alicyclic amines) is 1. The molecule has 0 radical (unpaired) electrons. The van der Waals surface area contributed by atoms with Crippen LogP contribution in [0.25, 0.3) is 0 Å². The molecule has 9 heteroatoms. The van der Waals surface area contributed by atoms with E-state index in [-0.39, 0.29) is 24.0 Å². The number of piperidine rings is 1. The monoisotopic (exact) mass is 568 g/mol. The third-order valence-electron chi connectivity index (χ3n) is 6.03. The van der Waals surface area contributed by atoms with E-state index < -0.39 is 0 Å². The smallest absolute Gasteiger partial charge is 0.191 e. The molecule has 6 nitrogen and oxygen atoms in total. The van der Waals surface area contributed by atoms with Crippen molar-refractivity contribution < 1.29 is 0 Å². The first kappa shape index (κ1) is 25.9. The maximum atomic E-state index is 6.14. The van der Waals surface area contributed by atoms with Gasteiger partial charge in [0.25, 0.3) is 0 Å². The fraction of sp³-hybridized carbons (Fsp3) is 0.667. The number of aliphatic imine (C=N–C) groups is 1. The van der Waals surface area contributed by atoms with Crippen LogP contribution in [0.5, 0.6) is 0 Å². The van der Waals surface area contributed by atoms with Gasteiger partial charge in [-0.3, -0.25) is 14.8 Å². The van der Waals surface area contributed by atoms with Crippen molar-refractivity contribution in [2.45, 2.75) is 31.5 Å². The van der Waals surface area contributed by atoms with Crippen LogP contribution in [0.2, 0.25) is 10.0 Å². The highest BCUT2D eigenvalue weighted by molar-refractivity contribution is 14.0. The molecule has 1 aromatic rings. The molecule has 0 bridgehead atoms. The summed E-state index contributed by atoms with van der Waals surface area (Å²) in [6, 6.07) is 6.88. The highest BCUT2D eigenvalue weighted by Gasteiger charge is 2.23. The summed E-state index contributed by atoms with van der Waals surface area (Å²) in [5.74, 6) is 0.912. The second-order valence-electron chi connectivity index (χ2n) is 8.29. The number of rotatable bonds is 5. The molecule has 1 atom stereocenters. The lowest BCUT2D eigenvalue weighted by atomic mass is 10.0. The van der Waals surface area contributed by atoms with Crippen LogP contribution >= 0.6 is 47.2 Å². The Balaban J connectivity index is 0.00000320. The van der Waals surface area contributed by atoms with Crippen molar-refractivity contribution in [2.24, 2.45) is 4.99 Å². The molecule has 2 aliphatic rings. The standard InChI is InChI=1S/C21H34Cl2N6.HI/c1-24-21(25-13-18-15-27(2)10-11-28(18)3)26-17-6-8-29(9-7-17)14-16-4-5-19(22)20(23)12-16;/h4-5,12,17-18H,6-11,13-15H2,1-3H3,(H2,24,25,26);1H. The van der Waals surface area contributed by atoms with E-state index in [1.54, 1.807) is 0 Å². The van der Waals surface area contributed by atoms with Gasteiger partial charge in [-0.25, -0.2) is 0 Å². The van der Waals surface area contributed by atoms with E-state index in [1.807, 2.05) is 19.2 Å². The molecule has 0 spiro atoms. The normalized spacial score (nSPS) is 22.6. The van der Waals surface area contributed by atoms with E-state index in [9.17, 15) is 0 Å². The molecular weight excluding hydrogens is 534 g/mol. The Labute approximate surface area is 208 Å². The first-order valence-corrected chi connectivity index (χ1v) is 11.2. The molecule has 0 saturated carbocycles. The van der Waals surface area contributed by atoms with Gasteiger partial charge >= 0.3 is 0 Å². The van der Waals surface area contributed by atoms with Gasteiger partial charge in [0.05, 0.1) is 10.0 Å². The van der Waals surface area contributed by atoms with Crippen molar-refractivity contribution in [3.8, 4) is 0 Å². The average molecular weight is 569 g/mol. The number of hydrogen-bond acceptors (Lipinski definition) is 4. The lowest BCUT2D eigenvalue weighted by Gasteiger charge is -2.38. The lowest BCUT2D eigenvalue weighted by molar-refractivity contribution is 0.116. The quantitative estimate of drug-likeness (QED) is 0.325. The summed E-state index contributed by atoms with van der Waals surface area (Å²) < 4.78 is 0. The summed E-state index contributed by atoms with van der Waals surface area (Å²) in [4.78, 5) is 11.7.